The average Bonchev–Trinajstić information content (AvgIpc) is 2.66. The van der Waals surface area contributed by atoms with Gasteiger partial charge in [0.05, 0.1) is 6.61 Å². The predicted octanol–water partition coefficient (Wildman–Crippen LogP) is 0.226. The molecule has 0 aromatic rings. The lowest BCUT2D eigenvalue weighted by Crippen LogP contribution is -2.31. The topological polar surface area (TPSA) is 65.0 Å². The fourth-order valence-corrected chi connectivity index (χ4v) is 1.84. The highest BCUT2D eigenvalue weighted by molar-refractivity contribution is 5.63. The molecule has 4 atom stereocenters. The normalized spacial score (nSPS) is 40.2. The van der Waals surface area contributed by atoms with Crippen LogP contribution in [0.3, 0.4) is 0 Å². The van der Waals surface area contributed by atoms with E-state index in [9.17, 15) is 4.79 Å². The maximum Gasteiger partial charge on any atom is 0.509 e. The van der Waals surface area contributed by atoms with Crippen molar-refractivity contribution in [1.82, 2.24) is 0 Å². The second-order valence-corrected chi connectivity index (χ2v) is 3.33. The number of aliphatic hydroxyl groups is 1. The van der Waals surface area contributed by atoms with Crippen LogP contribution in [0.5, 0.6) is 0 Å². The Bertz CT molecular complexity index is 252. The number of carbonyl (C=O) groups excluding carboxylic acids is 1. The molecule has 2 saturated heterocycles. The van der Waals surface area contributed by atoms with Gasteiger partial charge in [0, 0.05) is 0 Å². The highest BCUT2D eigenvalue weighted by Crippen LogP contribution is 2.33. The molecule has 0 aromatic heterocycles. The molecule has 0 bridgehead atoms. The first-order valence-corrected chi connectivity index (χ1v) is 4.50. The fraction of sp³-hybridized carbons (Fsp3) is 0.667. The summed E-state index contributed by atoms with van der Waals surface area (Å²) in [5, 5.41) is 8.99. The Morgan fingerprint density at radius 2 is 2.00 bits per heavy atom. The van der Waals surface area contributed by atoms with Gasteiger partial charge in [0.15, 0.2) is 12.2 Å². The molecular weight excluding hydrogens is 188 g/mol. The number of rotatable bonds is 3. The molecule has 14 heavy (non-hydrogen) atoms. The Balaban J connectivity index is 2.10. The van der Waals surface area contributed by atoms with Gasteiger partial charge in [-0.2, -0.15) is 0 Å². The van der Waals surface area contributed by atoms with Crippen LogP contribution in [-0.2, 0) is 14.2 Å². The standard InChI is InChI=1S/C9H12O5/c1-2-3-5-7-8(6(4-10)12-5)14-9(11)13-7/h2,5-8,10H,1,3-4H2/t5-,6-,7+,8-/m1/s1. The minimum atomic E-state index is -0.684. The molecule has 0 amide bonds. The minimum absolute atomic E-state index is 0.175. The summed E-state index contributed by atoms with van der Waals surface area (Å²) in [5.41, 5.74) is 0. The third-order valence-corrected chi connectivity index (χ3v) is 2.45. The number of fused-ring (bicyclic) bond motifs is 1. The molecule has 2 rings (SSSR count). The van der Waals surface area contributed by atoms with Crippen molar-refractivity contribution < 1.29 is 24.1 Å². The average molecular weight is 200 g/mol. The van der Waals surface area contributed by atoms with Crippen LogP contribution in [0, 0.1) is 0 Å². The summed E-state index contributed by atoms with van der Waals surface area (Å²) in [6.45, 7) is 3.41. The van der Waals surface area contributed by atoms with E-state index in [0.29, 0.717) is 6.42 Å². The molecule has 2 heterocycles. The highest BCUT2D eigenvalue weighted by Gasteiger charge is 2.53. The van der Waals surface area contributed by atoms with Crippen LogP contribution < -0.4 is 0 Å². The van der Waals surface area contributed by atoms with E-state index >= 15 is 0 Å². The van der Waals surface area contributed by atoms with Crippen LogP contribution in [0.2, 0.25) is 0 Å². The zero-order valence-electron chi connectivity index (χ0n) is 7.59. The molecule has 2 fully saturated rings. The van der Waals surface area contributed by atoms with Crippen LogP contribution in [0.25, 0.3) is 0 Å². The van der Waals surface area contributed by atoms with Crippen LogP contribution in [0.15, 0.2) is 12.7 Å². The summed E-state index contributed by atoms with van der Waals surface area (Å²) in [7, 11) is 0. The molecule has 0 aliphatic carbocycles. The first-order chi connectivity index (χ1) is 6.76. The van der Waals surface area contributed by atoms with E-state index in [2.05, 4.69) is 6.58 Å². The number of hydrogen-bond donors (Lipinski definition) is 1. The van der Waals surface area contributed by atoms with Gasteiger partial charge in [-0.15, -0.1) is 6.58 Å². The van der Waals surface area contributed by atoms with Crippen molar-refractivity contribution in [3.63, 3.8) is 0 Å². The zero-order chi connectivity index (χ0) is 10.1. The summed E-state index contributed by atoms with van der Waals surface area (Å²) < 4.78 is 15.3. The van der Waals surface area contributed by atoms with Crippen molar-refractivity contribution in [2.75, 3.05) is 6.61 Å². The summed E-state index contributed by atoms with van der Waals surface area (Å²) in [6.07, 6.45) is -0.0227. The van der Waals surface area contributed by atoms with Gasteiger partial charge in [0.1, 0.15) is 12.2 Å². The number of hydrogen-bond acceptors (Lipinski definition) is 5. The molecule has 5 heteroatoms. The second kappa shape index (κ2) is 3.59. The zero-order valence-corrected chi connectivity index (χ0v) is 7.59. The first-order valence-electron chi connectivity index (χ1n) is 4.50. The number of ether oxygens (including phenoxy) is 3. The van der Waals surface area contributed by atoms with Crippen molar-refractivity contribution in [2.24, 2.45) is 0 Å². The predicted molar refractivity (Wildman–Crippen MR) is 45.7 cm³/mol. The SMILES string of the molecule is C=CC[C@H]1O[C@H](CO)[C@H]2OC(=O)O[C@H]21. The molecule has 2 aliphatic heterocycles. The Labute approximate surface area is 81.3 Å². The minimum Gasteiger partial charge on any atom is -0.424 e. The van der Waals surface area contributed by atoms with Crippen molar-refractivity contribution in [3.05, 3.63) is 12.7 Å². The van der Waals surface area contributed by atoms with Crippen LogP contribution in [-0.4, -0.2) is 42.3 Å². The Morgan fingerprint density at radius 1 is 1.36 bits per heavy atom. The van der Waals surface area contributed by atoms with Gasteiger partial charge in [0.25, 0.3) is 0 Å². The first kappa shape index (κ1) is 9.48. The van der Waals surface area contributed by atoms with Gasteiger partial charge in [-0.05, 0) is 6.42 Å². The Hall–Kier alpha value is -1.07. The van der Waals surface area contributed by atoms with Gasteiger partial charge in [-0.1, -0.05) is 6.08 Å². The van der Waals surface area contributed by atoms with Gasteiger partial charge < -0.3 is 19.3 Å². The monoisotopic (exact) mass is 200 g/mol. The number of carbonyl (C=O) groups is 1. The third kappa shape index (κ3) is 1.38. The molecule has 0 unspecified atom stereocenters. The largest absolute Gasteiger partial charge is 0.509 e. The summed E-state index contributed by atoms with van der Waals surface area (Å²) in [4.78, 5) is 10.9. The van der Waals surface area contributed by atoms with Gasteiger partial charge in [0.2, 0.25) is 0 Å². The van der Waals surface area contributed by atoms with E-state index in [1.54, 1.807) is 6.08 Å². The third-order valence-electron chi connectivity index (χ3n) is 2.45. The van der Waals surface area contributed by atoms with E-state index < -0.39 is 24.5 Å². The lowest BCUT2D eigenvalue weighted by molar-refractivity contribution is -0.0416. The molecule has 0 spiro atoms. The van der Waals surface area contributed by atoms with Gasteiger partial charge in [-0.3, -0.25) is 0 Å². The smallest absolute Gasteiger partial charge is 0.424 e. The van der Waals surface area contributed by atoms with Crippen LogP contribution >= 0.6 is 0 Å². The fourth-order valence-electron chi connectivity index (χ4n) is 1.84. The lowest BCUT2D eigenvalue weighted by atomic mass is 10.1. The van der Waals surface area contributed by atoms with Gasteiger partial charge in [-0.25, -0.2) is 4.79 Å². The quantitative estimate of drug-likeness (QED) is 0.521. The maximum atomic E-state index is 10.9. The second-order valence-electron chi connectivity index (χ2n) is 3.33. The Kier molecular flexibility index (Phi) is 2.43. The number of aliphatic hydroxyl groups excluding tert-OH is 1. The lowest BCUT2D eigenvalue weighted by Gasteiger charge is -2.12. The van der Waals surface area contributed by atoms with Crippen molar-refractivity contribution in [2.45, 2.75) is 30.8 Å². The van der Waals surface area contributed by atoms with Crippen LogP contribution in [0.4, 0.5) is 4.79 Å². The maximum absolute atomic E-state index is 10.9. The van der Waals surface area contributed by atoms with Crippen LogP contribution in [0.1, 0.15) is 6.42 Å². The molecule has 78 valence electrons. The van der Waals surface area contributed by atoms with E-state index in [4.69, 9.17) is 19.3 Å². The van der Waals surface area contributed by atoms with E-state index in [1.165, 1.54) is 0 Å². The molecule has 1 N–H and O–H groups in total. The molecule has 5 nitrogen and oxygen atoms in total. The summed E-state index contributed by atoms with van der Waals surface area (Å²) in [6, 6.07) is 0. The van der Waals surface area contributed by atoms with Crippen molar-refractivity contribution in [3.8, 4) is 0 Å². The molecule has 0 radical (unpaired) electrons. The summed E-state index contributed by atoms with van der Waals surface area (Å²) >= 11 is 0. The van der Waals surface area contributed by atoms with E-state index in [0.717, 1.165) is 0 Å². The van der Waals surface area contributed by atoms with E-state index in [-0.39, 0.29) is 12.7 Å². The molecule has 2 aliphatic rings. The van der Waals surface area contributed by atoms with E-state index in [1.807, 2.05) is 0 Å². The van der Waals surface area contributed by atoms with Gasteiger partial charge >= 0.3 is 6.16 Å². The summed E-state index contributed by atoms with van der Waals surface area (Å²) in [5.74, 6) is 0. The Morgan fingerprint density at radius 3 is 2.57 bits per heavy atom. The molecule has 0 saturated carbocycles. The molecular formula is C9H12O5. The van der Waals surface area contributed by atoms with Crippen molar-refractivity contribution >= 4 is 6.16 Å². The highest BCUT2D eigenvalue weighted by atomic mass is 16.8. The molecule has 0 aromatic carbocycles. The van der Waals surface area contributed by atoms with Crippen molar-refractivity contribution in [1.29, 1.82) is 0 Å².